The third-order valence-corrected chi connectivity index (χ3v) is 2.47. The minimum absolute atomic E-state index is 0. The van der Waals surface area contributed by atoms with E-state index in [4.69, 9.17) is 9.29 Å². The van der Waals surface area contributed by atoms with E-state index in [0.717, 1.165) is 17.7 Å². The van der Waals surface area contributed by atoms with Crippen molar-refractivity contribution >= 4 is 36.1 Å². The number of benzene rings is 1. The normalized spacial score (nSPS) is 11.3. The van der Waals surface area contributed by atoms with Crippen LogP contribution in [0.1, 0.15) is 0 Å². The highest BCUT2D eigenvalue weighted by Crippen LogP contribution is 2.11. The second kappa shape index (κ2) is 8.27. The molecule has 0 bridgehead atoms. The second-order valence-electron chi connectivity index (χ2n) is 2.85. The van der Waals surface area contributed by atoms with Gasteiger partial charge < -0.3 is 14.6 Å². The van der Waals surface area contributed by atoms with Gasteiger partial charge >= 0.3 is 5.97 Å². The second-order valence-corrected chi connectivity index (χ2v) is 3.75. The molecule has 0 aliphatic carbocycles. The summed E-state index contributed by atoms with van der Waals surface area (Å²) in [5.74, 6) is -0.524. The van der Waals surface area contributed by atoms with Gasteiger partial charge in [0.1, 0.15) is 6.04 Å². The van der Waals surface area contributed by atoms with Gasteiger partial charge in [-0.2, -0.15) is 0 Å². The molecule has 0 aliphatic heterocycles. The SMILES string of the molecule is COSCC(Nc1ccccc1)C(=O)O.Cl. The lowest BCUT2D eigenvalue weighted by molar-refractivity contribution is -0.137. The zero-order valence-corrected chi connectivity index (χ0v) is 10.4. The van der Waals surface area contributed by atoms with Gasteiger partial charge in [-0.3, -0.25) is 0 Å². The average Bonchev–Trinajstić information content (AvgIpc) is 2.25. The van der Waals surface area contributed by atoms with Gasteiger partial charge in [-0.05, 0) is 24.2 Å². The number of hydrogen-bond donors (Lipinski definition) is 2. The van der Waals surface area contributed by atoms with Gasteiger partial charge in [-0.25, -0.2) is 4.79 Å². The number of halogens is 1. The molecule has 0 saturated carbocycles. The monoisotopic (exact) mass is 263 g/mol. The Bertz CT molecular complexity index is 310. The van der Waals surface area contributed by atoms with Crippen LogP contribution in [0.4, 0.5) is 5.69 Å². The molecular formula is C10H14ClNO3S. The molecule has 1 aromatic carbocycles. The van der Waals surface area contributed by atoms with Gasteiger partial charge in [0.15, 0.2) is 0 Å². The van der Waals surface area contributed by atoms with Crippen LogP contribution < -0.4 is 5.32 Å². The van der Waals surface area contributed by atoms with Gasteiger partial charge in [-0.1, -0.05) is 18.2 Å². The predicted octanol–water partition coefficient (Wildman–Crippen LogP) is 2.27. The average molecular weight is 264 g/mol. The number of nitrogens with one attached hydrogen (secondary N) is 1. The highest BCUT2D eigenvalue weighted by molar-refractivity contribution is 7.94. The maximum atomic E-state index is 10.9. The summed E-state index contributed by atoms with van der Waals surface area (Å²) in [6.07, 6.45) is 0. The Morgan fingerprint density at radius 1 is 1.50 bits per heavy atom. The van der Waals surface area contributed by atoms with E-state index in [2.05, 4.69) is 5.32 Å². The van der Waals surface area contributed by atoms with Gasteiger partial charge in [-0.15, -0.1) is 12.4 Å². The fraction of sp³-hybridized carbons (Fsp3) is 0.300. The molecule has 0 aromatic heterocycles. The third kappa shape index (κ3) is 5.25. The fourth-order valence-corrected chi connectivity index (χ4v) is 1.54. The minimum atomic E-state index is -0.886. The van der Waals surface area contributed by atoms with E-state index >= 15 is 0 Å². The third-order valence-electron chi connectivity index (χ3n) is 1.77. The first kappa shape index (κ1) is 15.1. The molecule has 0 aliphatic rings. The molecule has 1 aromatic rings. The van der Waals surface area contributed by atoms with Crippen LogP contribution in [0.15, 0.2) is 30.3 Å². The molecular weight excluding hydrogens is 250 g/mol. The van der Waals surface area contributed by atoms with Crippen molar-refractivity contribution in [3.05, 3.63) is 30.3 Å². The van der Waals surface area contributed by atoms with Crippen LogP contribution in [0, 0.1) is 0 Å². The Morgan fingerprint density at radius 3 is 2.62 bits per heavy atom. The number of para-hydroxylation sites is 1. The van der Waals surface area contributed by atoms with Crippen LogP contribution in [-0.2, 0) is 8.98 Å². The number of aliphatic carboxylic acids is 1. The summed E-state index contributed by atoms with van der Waals surface area (Å²) >= 11 is 1.12. The molecule has 0 amide bonds. The van der Waals surface area contributed by atoms with E-state index in [1.807, 2.05) is 30.3 Å². The molecule has 1 atom stereocenters. The van der Waals surface area contributed by atoms with Gasteiger partial charge in [0, 0.05) is 5.69 Å². The van der Waals surface area contributed by atoms with E-state index in [1.165, 1.54) is 7.11 Å². The van der Waals surface area contributed by atoms with Crippen LogP contribution in [0.2, 0.25) is 0 Å². The zero-order valence-electron chi connectivity index (χ0n) is 8.75. The summed E-state index contributed by atoms with van der Waals surface area (Å²) in [6, 6.07) is 8.60. The molecule has 2 N–H and O–H groups in total. The summed E-state index contributed by atoms with van der Waals surface area (Å²) in [7, 11) is 1.52. The number of hydrogen-bond acceptors (Lipinski definition) is 4. The molecule has 0 fully saturated rings. The van der Waals surface area contributed by atoms with Crippen molar-refractivity contribution in [1.82, 2.24) is 0 Å². The molecule has 0 spiro atoms. The van der Waals surface area contributed by atoms with Gasteiger partial charge in [0.05, 0.1) is 12.9 Å². The van der Waals surface area contributed by atoms with Gasteiger partial charge in [0.25, 0.3) is 0 Å². The molecule has 0 radical (unpaired) electrons. The summed E-state index contributed by atoms with van der Waals surface area (Å²) in [5.41, 5.74) is 0.793. The first-order valence-corrected chi connectivity index (χ1v) is 5.35. The van der Waals surface area contributed by atoms with Crippen LogP contribution >= 0.6 is 24.4 Å². The van der Waals surface area contributed by atoms with Crippen LogP contribution in [-0.4, -0.2) is 30.0 Å². The summed E-state index contributed by atoms with van der Waals surface area (Å²) in [4.78, 5) is 10.9. The van der Waals surface area contributed by atoms with E-state index in [1.54, 1.807) is 0 Å². The van der Waals surface area contributed by atoms with Crippen molar-refractivity contribution in [2.45, 2.75) is 6.04 Å². The quantitative estimate of drug-likeness (QED) is 0.771. The Kier molecular flexibility index (Phi) is 7.80. The molecule has 0 heterocycles. The fourth-order valence-electron chi connectivity index (χ4n) is 1.05. The Morgan fingerprint density at radius 2 is 2.12 bits per heavy atom. The lowest BCUT2D eigenvalue weighted by Crippen LogP contribution is -2.31. The number of carboxylic acid groups (broad SMARTS) is 1. The predicted molar refractivity (Wildman–Crippen MR) is 68.2 cm³/mol. The first-order valence-electron chi connectivity index (χ1n) is 4.44. The topological polar surface area (TPSA) is 58.6 Å². The standard InChI is InChI=1S/C10H13NO3S.ClH/c1-14-15-7-9(10(12)13)11-8-5-3-2-4-6-8;/h2-6,9,11H,7H2,1H3,(H,12,13);1H. The Balaban J connectivity index is 0.00000225. The van der Waals surface area contributed by atoms with Crippen LogP contribution in [0.3, 0.4) is 0 Å². The lowest BCUT2D eigenvalue weighted by Gasteiger charge is -2.14. The molecule has 0 saturated heterocycles. The van der Waals surface area contributed by atoms with Crippen molar-refractivity contribution in [1.29, 1.82) is 0 Å². The van der Waals surface area contributed by atoms with Gasteiger partial charge in [0.2, 0.25) is 0 Å². The van der Waals surface area contributed by atoms with Crippen LogP contribution in [0.5, 0.6) is 0 Å². The Labute approximate surface area is 105 Å². The van der Waals surface area contributed by atoms with Crippen molar-refractivity contribution in [2.24, 2.45) is 0 Å². The summed E-state index contributed by atoms with van der Waals surface area (Å²) < 4.78 is 4.77. The maximum Gasteiger partial charge on any atom is 0.327 e. The van der Waals surface area contributed by atoms with E-state index < -0.39 is 12.0 Å². The molecule has 90 valence electrons. The summed E-state index contributed by atoms with van der Waals surface area (Å²) in [6.45, 7) is 0. The lowest BCUT2D eigenvalue weighted by atomic mass is 10.2. The van der Waals surface area contributed by atoms with E-state index in [9.17, 15) is 4.79 Å². The van der Waals surface area contributed by atoms with Crippen molar-refractivity contribution in [3.8, 4) is 0 Å². The first-order chi connectivity index (χ1) is 7.24. The molecule has 6 heteroatoms. The smallest absolute Gasteiger partial charge is 0.327 e. The maximum absolute atomic E-state index is 10.9. The number of carbonyl (C=O) groups is 1. The van der Waals surface area contributed by atoms with Crippen LogP contribution in [0.25, 0.3) is 0 Å². The minimum Gasteiger partial charge on any atom is -0.480 e. The molecule has 1 unspecified atom stereocenters. The van der Waals surface area contributed by atoms with E-state index in [-0.39, 0.29) is 12.4 Å². The highest BCUT2D eigenvalue weighted by atomic mass is 35.5. The molecule has 1 rings (SSSR count). The zero-order chi connectivity index (χ0) is 11.1. The van der Waals surface area contributed by atoms with Crippen molar-refractivity contribution < 1.29 is 14.1 Å². The number of carboxylic acids is 1. The van der Waals surface area contributed by atoms with Crippen molar-refractivity contribution in [3.63, 3.8) is 0 Å². The number of rotatable bonds is 6. The van der Waals surface area contributed by atoms with Crippen molar-refractivity contribution in [2.75, 3.05) is 18.2 Å². The van der Waals surface area contributed by atoms with E-state index in [0.29, 0.717) is 5.75 Å². The largest absolute Gasteiger partial charge is 0.480 e. The highest BCUT2D eigenvalue weighted by Gasteiger charge is 2.16. The Hall–Kier alpha value is -0.910. The molecule has 4 nitrogen and oxygen atoms in total. The number of anilines is 1. The molecule has 16 heavy (non-hydrogen) atoms. The summed E-state index contributed by atoms with van der Waals surface area (Å²) in [5, 5.41) is 11.8.